The van der Waals surface area contributed by atoms with Gasteiger partial charge in [0.1, 0.15) is 19.0 Å². The molecule has 0 unspecified atom stereocenters. The van der Waals surface area contributed by atoms with Crippen molar-refractivity contribution in [1.82, 2.24) is 0 Å². The third kappa shape index (κ3) is 4.03. The number of carbonyl (C=O) groups is 1. The zero-order chi connectivity index (χ0) is 11.5. The van der Waals surface area contributed by atoms with Gasteiger partial charge in [-0.2, -0.15) is 13.2 Å². The Bertz CT molecular complexity index is 342. The normalized spacial score (nSPS) is 11.7. The van der Waals surface area contributed by atoms with Gasteiger partial charge in [0, 0.05) is 0 Å². The lowest BCUT2D eigenvalue weighted by Crippen LogP contribution is -2.16. The summed E-state index contributed by atoms with van der Waals surface area (Å²) in [5.74, 6) is -1.57. The van der Waals surface area contributed by atoms with Crippen molar-refractivity contribution in [3.05, 3.63) is 23.7 Å². The number of alkyl halides is 3. The molecule has 15 heavy (non-hydrogen) atoms. The maximum Gasteiger partial charge on any atom is 0.411 e. The van der Waals surface area contributed by atoms with E-state index < -0.39 is 25.4 Å². The minimum absolute atomic E-state index is 0.0386. The molecule has 84 valence electrons. The molecule has 1 N–H and O–H groups in total. The molecule has 0 radical (unpaired) electrons. The summed E-state index contributed by atoms with van der Waals surface area (Å²) >= 11 is 0. The average molecular weight is 224 g/mol. The van der Waals surface area contributed by atoms with Crippen LogP contribution in [0.25, 0.3) is 0 Å². The second-order valence-corrected chi connectivity index (χ2v) is 2.68. The molecular weight excluding hydrogens is 217 g/mol. The summed E-state index contributed by atoms with van der Waals surface area (Å²) in [6.45, 7) is -1.80. The molecule has 1 heterocycles. The molecule has 0 spiro atoms. The molecule has 0 atom stereocenters. The molecule has 0 fully saturated rings. The lowest BCUT2D eigenvalue weighted by atomic mass is 10.4. The van der Waals surface area contributed by atoms with Gasteiger partial charge in [-0.1, -0.05) is 0 Å². The van der Waals surface area contributed by atoms with Crippen LogP contribution >= 0.6 is 0 Å². The van der Waals surface area contributed by atoms with E-state index in [1.807, 2.05) is 0 Å². The van der Waals surface area contributed by atoms with Crippen LogP contribution in [-0.4, -0.2) is 23.9 Å². The summed E-state index contributed by atoms with van der Waals surface area (Å²) < 4.78 is 43.9. The Kier molecular flexibility index (Phi) is 3.35. The van der Waals surface area contributed by atoms with Gasteiger partial charge in [-0.3, -0.25) is 0 Å². The lowest BCUT2D eigenvalue weighted by Gasteiger charge is -2.05. The van der Waals surface area contributed by atoms with Crippen LogP contribution in [0.15, 0.2) is 16.5 Å². The zero-order valence-electron chi connectivity index (χ0n) is 7.37. The van der Waals surface area contributed by atoms with Gasteiger partial charge in [-0.05, 0) is 12.1 Å². The number of aromatic carboxylic acids is 1. The van der Waals surface area contributed by atoms with Crippen LogP contribution in [0.1, 0.15) is 16.3 Å². The van der Waals surface area contributed by atoms with E-state index in [1.54, 1.807) is 0 Å². The fourth-order valence-corrected chi connectivity index (χ4v) is 0.838. The number of hydrogen-bond acceptors (Lipinski definition) is 3. The van der Waals surface area contributed by atoms with Gasteiger partial charge in [0.25, 0.3) is 0 Å². The molecule has 0 aliphatic carbocycles. The highest BCUT2D eigenvalue weighted by Gasteiger charge is 2.27. The topological polar surface area (TPSA) is 59.7 Å². The van der Waals surface area contributed by atoms with E-state index >= 15 is 0 Å². The van der Waals surface area contributed by atoms with Gasteiger partial charge in [0.2, 0.25) is 5.76 Å². The minimum atomic E-state index is -4.40. The van der Waals surface area contributed by atoms with E-state index in [-0.39, 0.29) is 11.5 Å². The SMILES string of the molecule is O=C(O)c1ccc(COCC(F)(F)F)o1. The molecule has 0 amide bonds. The van der Waals surface area contributed by atoms with Crippen LogP contribution in [0.3, 0.4) is 0 Å². The highest BCUT2D eigenvalue weighted by atomic mass is 19.4. The Labute approximate surface area is 82.3 Å². The first-order chi connectivity index (χ1) is 6.88. The predicted octanol–water partition coefficient (Wildman–Crippen LogP) is 2.06. The van der Waals surface area contributed by atoms with Crippen molar-refractivity contribution in [2.75, 3.05) is 6.61 Å². The van der Waals surface area contributed by atoms with E-state index in [0.29, 0.717) is 0 Å². The summed E-state index contributed by atoms with van der Waals surface area (Å²) in [6, 6.07) is 2.40. The number of ether oxygens (including phenoxy) is 1. The summed E-state index contributed by atoms with van der Waals surface area (Å²) in [5.41, 5.74) is 0. The number of carboxylic acid groups (broad SMARTS) is 1. The summed E-state index contributed by atoms with van der Waals surface area (Å²) in [4.78, 5) is 10.3. The van der Waals surface area contributed by atoms with Gasteiger partial charge in [0.05, 0.1) is 0 Å². The second-order valence-electron chi connectivity index (χ2n) is 2.68. The van der Waals surface area contributed by atoms with Gasteiger partial charge >= 0.3 is 12.1 Å². The highest BCUT2D eigenvalue weighted by molar-refractivity contribution is 5.84. The fraction of sp³-hybridized carbons (Fsp3) is 0.375. The van der Waals surface area contributed by atoms with Gasteiger partial charge in [0.15, 0.2) is 0 Å². The number of halogens is 3. The highest BCUT2D eigenvalue weighted by Crippen LogP contribution is 2.16. The number of hydrogen-bond donors (Lipinski definition) is 1. The molecule has 0 saturated heterocycles. The van der Waals surface area contributed by atoms with Crippen molar-refractivity contribution in [2.24, 2.45) is 0 Å². The van der Waals surface area contributed by atoms with E-state index in [0.717, 1.165) is 6.07 Å². The van der Waals surface area contributed by atoms with Gasteiger partial charge < -0.3 is 14.3 Å². The minimum Gasteiger partial charge on any atom is -0.475 e. The van der Waals surface area contributed by atoms with Crippen LogP contribution < -0.4 is 0 Å². The van der Waals surface area contributed by atoms with Crippen LogP contribution in [0.2, 0.25) is 0 Å². The zero-order valence-corrected chi connectivity index (χ0v) is 7.37. The molecule has 0 saturated carbocycles. The number of rotatable bonds is 4. The van der Waals surface area contributed by atoms with Crippen LogP contribution in [-0.2, 0) is 11.3 Å². The molecule has 1 aromatic rings. The fourth-order valence-electron chi connectivity index (χ4n) is 0.838. The van der Waals surface area contributed by atoms with Crippen LogP contribution in [0, 0.1) is 0 Å². The lowest BCUT2D eigenvalue weighted by molar-refractivity contribution is -0.177. The van der Waals surface area contributed by atoms with Crippen molar-refractivity contribution >= 4 is 5.97 Å². The van der Waals surface area contributed by atoms with Crippen molar-refractivity contribution in [1.29, 1.82) is 0 Å². The monoisotopic (exact) mass is 224 g/mol. The molecule has 0 bridgehead atoms. The van der Waals surface area contributed by atoms with Crippen molar-refractivity contribution in [3.8, 4) is 0 Å². The molecule has 0 aliphatic heterocycles. The Morgan fingerprint density at radius 3 is 2.60 bits per heavy atom. The van der Waals surface area contributed by atoms with E-state index in [2.05, 4.69) is 9.15 Å². The number of carboxylic acids is 1. The van der Waals surface area contributed by atoms with Crippen molar-refractivity contribution in [3.63, 3.8) is 0 Å². The summed E-state index contributed by atoms with van der Waals surface area (Å²) in [5, 5.41) is 8.44. The third-order valence-electron chi connectivity index (χ3n) is 1.38. The first kappa shape index (κ1) is 11.6. The Balaban J connectivity index is 2.41. The molecule has 1 aromatic heterocycles. The standard InChI is InChI=1S/C8H7F3O4/c9-8(10,11)4-14-3-5-1-2-6(15-5)7(12)13/h1-2H,3-4H2,(H,12,13). The molecular formula is C8H7F3O4. The van der Waals surface area contributed by atoms with Crippen molar-refractivity contribution < 1.29 is 32.2 Å². The largest absolute Gasteiger partial charge is 0.475 e. The van der Waals surface area contributed by atoms with Crippen LogP contribution in [0.5, 0.6) is 0 Å². The van der Waals surface area contributed by atoms with E-state index in [4.69, 9.17) is 5.11 Å². The quantitative estimate of drug-likeness (QED) is 0.850. The Morgan fingerprint density at radius 2 is 2.13 bits per heavy atom. The maximum absolute atomic E-state index is 11.6. The average Bonchev–Trinajstić information content (AvgIpc) is 2.50. The molecule has 0 aromatic carbocycles. The Hall–Kier alpha value is -1.50. The second kappa shape index (κ2) is 4.35. The van der Waals surface area contributed by atoms with Crippen molar-refractivity contribution in [2.45, 2.75) is 12.8 Å². The summed E-state index contributed by atoms with van der Waals surface area (Å²) in [7, 11) is 0. The first-order valence-corrected chi connectivity index (χ1v) is 3.85. The molecule has 7 heteroatoms. The smallest absolute Gasteiger partial charge is 0.411 e. The maximum atomic E-state index is 11.6. The first-order valence-electron chi connectivity index (χ1n) is 3.85. The predicted molar refractivity (Wildman–Crippen MR) is 41.4 cm³/mol. The molecule has 4 nitrogen and oxygen atoms in total. The van der Waals surface area contributed by atoms with E-state index in [1.165, 1.54) is 6.07 Å². The Morgan fingerprint density at radius 1 is 1.47 bits per heavy atom. The van der Waals surface area contributed by atoms with Gasteiger partial charge in [-0.25, -0.2) is 4.79 Å². The molecule has 1 rings (SSSR count). The summed E-state index contributed by atoms with van der Waals surface area (Å²) in [6.07, 6.45) is -4.40. The molecule has 0 aliphatic rings. The number of furan rings is 1. The third-order valence-corrected chi connectivity index (χ3v) is 1.38. The van der Waals surface area contributed by atoms with Gasteiger partial charge in [-0.15, -0.1) is 0 Å². The van der Waals surface area contributed by atoms with Crippen LogP contribution in [0.4, 0.5) is 13.2 Å². The van der Waals surface area contributed by atoms with E-state index in [9.17, 15) is 18.0 Å².